The first-order chi connectivity index (χ1) is 12.5. The van der Waals surface area contributed by atoms with Crippen LogP contribution in [0.1, 0.15) is 29.5 Å². The van der Waals surface area contributed by atoms with E-state index in [9.17, 15) is 9.59 Å². The second-order valence-electron chi connectivity index (χ2n) is 5.56. The molecule has 0 aliphatic heterocycles. The fourth-order valence-electron chi connectivity index (χ4n) is 2.47. The van der Waals surface area contributed by atoms with Crippen molar-refractivity contribution in [2.24, 2.45) is 0 Å². The Kier molecular flexibility index (Phi) is 5.12. The number of aromatic carboxylic acids is 1. The van der Waals surface area contributed by atoms with Crippen LogP contribution in [0.3, 0.4) is 0 Å². The summed E-state index contributed by atoms with van der Waals surface area (Å²) in [6.07, 6.45) is 3.43. The lowest BCUT2D eigenvalue weighted by atomic mass is 10.2. The third-order valence-electron chi connectivity index (χ3n) is 3.78. The number of anilines is 1. The molecule has 0 atom stereocenters. The number of aromatic nitrogens is 5. The molecular weight excluding hydrogens is 356 g/mol. The lowest BCUT2D eigenvalue weighted by Crippen LogP contribution is -2.17. The first-order valence-corrected chi connectivity index (χ1v) is 8.90. The van der Waals surface area contributed by atoms with E-state index in [2.05, 4.69) is 20.5 Å². The molecule has 136 valence electrons. The number of carbonyl (C=O) groups excluding carboxylic acids is 1. The Morgan fingerprint density at radius 2 is 2.19 bits per heavy atom. The Labute approximate surface area is 153 Å². The summed E-state index contributed by atoms with van der Waals surface area (Å²) >= 11 is 1.33. The number of carboxylic acid groups (broad SMARTS) is 1. The minimum atomic E-state index is -1.07. The van der Waals surface area contributed by atoms with E-state index >= 15 is 0 Å². The van der Waals surface area contributed by atoms with Crippen LogP contribution in [0.5, 0.6) is 0 Å². The number of hydrogen-bond acceptors (Lipinski definition) is 6. The van der Waals surface area contributed by atoms with Crippen LogP contribution in [0.25, 0.3) is 11.3 Å². The van der Waals surface area contributed by atoms with Crippen LogP contribution in [0.4, 0.5) is 5.13 Å². The van der Waals surface area contributed by atoms with Crippen molar-refractivity contribution in [2.75, 3.05) is 5.32 Å². The minimum absolute atomic E-state index is 0.0535. The molecule has 10 heteroatoms. The van der Waals surface area contributed by atoms with Crippen LogP contribution in [0, 0.1) is 6.92 Å². The van der Waals surface area contributed by atoms with Gasteiger partial charge in [-0.25, -0.2) is 9.78 Å². The summed E-state index contributed by atoms with van der Waals surface area (Å²) in [5.74, 6) is -1.32. The highest BCUT2D eigenvalue weighted by atomic mass is 32.1. The Balaban J connectivity index is 1.61. The average Bonchev–Trinajstić information content (AvgIpc) is 3.31. The van der Waals surface area contributed by atoms with Crippen molar-refractivity contribution in [3.8, 4) is 11.3 Å². The van der Waals surface area contributed by atoms with Gasteiger partial charge in [-0.3, -0.25) is 14.2 Å². The van der Waals surface area contributed by atoms with Crippen molar-refractivity contribution in [2.45, 2.75) is 33.4 Å². The maximum absolute atomic E-state index is 12.1. The average molecular weight is 374 g/mol. The SMILES string of the molecule is CCn1cc(-c2csc(NC(=O)CCn3nccc3C(=O)O)n2)c(C)n1. The topological polar surface area (TPSA) is 115 Å². The van der Waals surface area contributed by atoms with E-state index in [-0.39, 0.29) is 24.6 Å². The first kappa shape index (κ1) is 17.8. The molecule has 0 aromatic carbocycles. The van der Waals surface area contributed by atoms with E-state index in [1.54, 1.807) is 0 Å². The molecule has 0 spiro atoms. The molecule has 0 radical (unpaired) electrons. The Bertz CT molecular complexity index is 942. The van der Waals surface area contributed by atoms with E-state index < -0.39 is 5.97 Å². The van der Waals surface area contributed by atoms with Gasteiger partial charge in [-0.1, -0.05) is 0 Å². The molecule has 2 N–H and O–H groups in total. The van der Waals surface area contributed by atoms with E-state index in [1.165, 1.54) is 28.3 Å². The van der Waals surface area contributed by atoms with E-state index in [1.807, 2.05) is 30.1 Å². The first-order valence-electron chi connectivity index (χ1n) is 8.02. The Morgan fingerprint density at radius 3 is 2.88 bits per heavy atom. The molecule has 9 nitrogen and oxygen atoms in total. The molecule has 0 aliphatic carbocycles. The van der Waals surface area contributed by atoms with Crippen LogP contribution in [0.15, 0.2) is 23.8 Å². The number of nitrogens with one attached hydrogen (secondary N) is 1. The number of carboxylic acids is 1. The number of thiazole rings is 1. The van der Waals surface area contributed by atoms with Crippen molar-refractivity contribution < 1.29 is 14.7 Å². The largest absolute Gasteiger partial charge is 0.477 e. The smallest absolute Gasteiger partial charge is 0.354 e. The standard InChI is InChI=1S/C16H18N6O3S/c1-3-21-8-11(10(2)20-21)12-9-26-16(18-12)19-14(23)5-7-22-13(15(24)25)4-6-17-22/h4,6,8-9H,3,5,7H2,1-2H3,(H,24,25)(H,18,19,23). The van der Waals surface area contributed by atoms with Gasteiger partial charge in [0.15, 0.2) is 5.13 Å². The zero-order valence-electron chi connectivity index (χ0n) is 14.3. The lowest BCUT2D eigenvalue weighted by molar-refractivity contribution is -0.116. The second-order valence-corrected chi connectivity index (χ2v) is 6.42. The molecule has 3 heterocycles. The molecule has 3 aromatic heterocycles. The molecule has 0 fully saturated rings. The highest BCUT2D eigenvalue weighted by Gasteiger charge is 2.14. The van der Waals surface area contributed by atoms with Gasteiger partial charge >= 0.3 is 5.97 Å². The van der Waals surface area contributed by atoms with Crippen LogP contribution >= 0.6 is 11.3 Å². The molecule has 0 saturated heterocycles. The normalized spacial score (nSPS) is 10.8. The number of carbonyl (C=O) groups is 2. The van der Waals surface area contributed by atoms with Crippen LogP contribution in [-0.4, -0.2) is 41.5 Å². The van der Waals surface area contributed by atoms with Gasteiger partial charge in [-0.15, -0.1) is 11.3 Å². The van der Waals surface area contributed by atoms with Gasteiger partial charge in [-0.2, -0.15) is 10.2 Å². The fourth-order valence-corrected chi connectivity index (χ4v) is 3.19. The van der Waals surface area contributed by atoms with Gasteiger partial charge in [0.1, 0.15) is 5.69 Å². The predicted octanol–water partition coefficient (Wildman–Crippen LogP) is 2.26. The van der Waals surface area contributed by atoms with Crippen LogP contribution in [0.2, 0.25) is 0 Å². The summed E-state index contributed by atoms with van der Waals surface area (Å²) in [5, 5.41) is 22.4. The fraction of sp³-hybridized carbons (Fsp3) is 0.312. The monoisotopic (exact) mass is 374 g/mol. The lowest BCUT2D eigenvalue weighted by Gasteiger charge is -2.04. The van der Waals surface area contributed by atoms with Crippen LogP contribution in [-0.2, 0) is 17.9 Å². The summed E-state index contributed by atoms with van der Waals surface area (Å²) in [7, 11) is 0. The molecule has 3 aromatic rings. The third kappa shape index (κ3) is 3.80. The number of aryl methyl sites for hydroxylation is 3. The van der Waals surface area contributed by atoms with E-state index in [0.717, 1.165) is 23.5 Å². The number of rotatable bonds is 7. The summed E-state index contributed by atoms with van der Waals surface area (Å²) in [4.78, 5) is 27.6. The van der Waals surface area contributed by atoms with Gasteiger partial charge in [0.2, 0.25) is 5.91 Å². The zero-order chi connectivity index (χ0) is 18.7. The Morgan fingerprint density at radius 1 is 1.38 bits per heavy atom. The summed E-state index contributed by atoms with van der Waals surface area (Å²) < 4.78 is 3.13. The molecule has 26 heavy (non-hydrogen) atoms. The second kappa shape index (κ2) is 7.48. The predicted molar refractivity (Wildman–Crippen MR) is 96.2 cm³/mol. The minimum Gasteiger partial charge on any atom is -0.477 e. The van der Waals surface area contributed by atoms with E-state index in [0.29, 0.717) is 5.13 Å². The number of hydrogen-bond donors (Lipinski definition) is 2. The highest BCUT2D eigenvalue weighted by Crippen LogP contribution is 2.27. The third-order valence-corrected chi connectivity index (χ3v) is 4.54. The molecule has 0 aliphatic rings. The Hall–Kier alpha value is -3.01. The number of amides is 1. The van der Waals surface area contributed by atoms with Gasteiger partial charge < -0.3 is 10.4 Å². The summed E-state index contributed by atoms with van der Waals surface area (Å²) in [5.41, 5.74) is 2.64. The van der Waals surface area contributed by atoms with Crippen molar-refractivity contribution in [1.82, 2.24) is 24.5 Å². The highest BCUT2D eigenvalue weighted by molar-refractivity contribution is 7.14. The van der Waals surface area contributed by atoms with Gasteiger partial charge in [0, 0.05) is 36.3 Å². The molecule has 0 bridgehead atoms. The van der Waals surface area contributed by atoms with Crippen LogP contribution < -0.4 is 5.32 Å². The maximum Gasteiger partial charge on any atom is 0.354 e. The molecule has 0 saturated carbocycles. The van der Waals surface area contributed by atoms with E-state index in [4.69, 9.17) is 5.11 Å². The molecule has 1 amide bonds. The van der Waals surface area contributed by atoms with Gasteiger partial charge in [-0.05, 0) is 19.9 Å². The zero-order valence-corrected chi connectivity index (χ0v) is 15.2. The quantitative estimate of drug-likeness (QED) is 0.655. The van der Waals surface area contributed by atoms with Gasteiger partial charge in [0.25, 0.3) is 0 Å². The van der Waals surface area contributed by atoms with Crippen molar-refractivity contribution >= 4 is 28.3 Å². The summed E-state index contributed by atoms with van der Waals surface area (Å²) in [6.45, 7) is 4.89. The molecule has 0 unspecified atom stereocenters. The van der Waals surface area contributed by atoms with Gasteiger partial charge in [0.05, 0.1) is 17.9 Å². The molecular formula is C16H18N6O3S. The summed E-state index contributed by atoms with van der Waals surface area (Å²) in [6, 6.07) is 1.39. The van der Waals surface area contributed by atoms with Crippen molar-refractivity contribution in [1.29, 1.82) is 0 Å². The van der Waals surface area contributed by atoms with Crippen molar-refractivity contribution in [3.05, 3.63) is 35.2 Å². The molecule has 3 rings (SSSR count). The number of nitrogens with zero attached hydrogens (tertiary/aromatic N) is 5. The van der Waals surface area contributed by atoms with Crippen molar-refractivity contribution in [3.63, 3.8) is 0 Å². The maximum atomic E-state index is 12.1.